The fourth-order valence-electron chi connectivity index (χ4n) is 1.16. The highest BCUT2D eigenvalue weighted by molar-refractivity contribution is 5.75. The topological polar surface area (TPSA) is 64.0 Å². The fourth-order valence-corrected chi connectivity index (χ4v) is 1.16. The van der Waals surface area contributed by atoms with Crippen molar-refractivity contribution in [1.82, 2.24) is 15.1 Å². The average Bonchev–Trinajstić information content (AvgIpc) is 2.18. The molecule has 1 heterocycles. The number of amides is 1. The lowest BCUT2D eigenvalue weighted by Crippen LogP contribution is -2.29. The van der Waals surface area contributed by atoms with Crippen LogP contribution in [0.2, 0.25) is 0 Å². The van der Waals surface area contributed by atoms with Gasteiger partial charge in [-0.2, -0.15) is 5.10 Å². The number of carbonyl (C=O) groups excluding carboxylic acids is 1. The number of rotatable bonds is 3. The Morgan fingerprint density at radius 3 is 3.00 bits per heavy atom. The quantitative estimate of drug-likeness (QED) is 0.735. The molecule has 0 aromatic carbocycles. The number of nitrogens with zero attached hydrogens (tertiary/aromatic N) is 2. The zero-order chi connectivity index (χ0) is 10.6. The number of nitrogens with one attached hydrogen (secondary N) is 1. The lowest BCUT2D eigenvalue weighted by atomic mass is 10.2. The van der Waals surface area contributed by atoms with Crippen molar-refractivity contribution in [2.45, 2.75) is 19.4 Å². The largest absolute Gasteiger partial charge is 0.359 e. The molecule has 1 rings (SSSR count). The number of hydrogen-bond donors (Lipinski definition) is 1. The Balaban J connectivity index is 2.80. The highest BCUT2D eigenvalue weighted by Crippen LogP contribution is 2.04. The minimum atomic E-state index is -0.219. The second-order valence-corrected chi connectivity index (χ2v) is 3.03. The summed E-state index contributed by atoms with van der Waals surface area (Å²) in [5.74, 6) is -0.102. The number of carbonyl (C=O) groups is 1. The second kappa shape index (κ2) is 4.55. The fraction of sp³-hybridized carbons (Fsp3) is 0.444. The molecule has 1 atom stereocenters. The Labute approximate surface area is 81.7 Å². The van der Waals surface area contributed by atoms with Crippen LogP contribution in [0, 0.1) is 0 Å². The van der Waals surface area contributed by atoms with E-state index >= 15 is 0 Å². The standard InChI is InChI=1S/C9H13N3O2/c1-7(6-8(13)10-2)12-9(14)4-3-5-11-12/h3-5,7H,6H2,1-2H3,(H,10,13). The van der Waals surface area contributed by atoms with Crippen LogP contribution in [0.4, 0.5) is 0 Å². The van der Waals surface area contributed by atoms with Crippen molar-refractivity contribution in [2.75, 3.05) is 7.05 Å². The Bertz CT molecular complexity index is 372. The SMILES string of the molecule is CNC(=O)CC(C)n1ncccc1=O. The van der Waals surface area contributed by atoms with Crippen molar-refractivity contribution < 1.29 is 4.79 Å². The van der Waals surface area contributed by atoms with Crippen LogP contribution in [0.25, 0.3) is 0 Å². The monoisotopic (exact) mass is 195 g/mol. The summed E-state index contributed by atoms with van der Waals surface area (Å²) in [6, 6.07) is 2.78. The van der Waals surface area contributed by atoms with E-state index < -0.39 is 0 Å². The van der Waals surface area contributed by atoms with Gasteiger partial charge in [0.1, 0.15) is 0 Å². The Morgan fingerprint density at radius 1 is 1.71 bits per heavy atom. The van der Waals surface area contributed by atoms with E-state index in [1.54, 1.807) is 20.0 Å². The highest BCUT2D eigenvalue weighted by Gasteiger charge is 2.10. The van der Waals surface area contributed by atoms with Gasteiger partial charge in [-0.05, 0) is 13.0 Å². The van der Waals surface area contributed by atoms with E-state index in [1.165, 1.54) is 16.9 Å². The molecule has 0 bridgehead atoms. The molecule has 1 amide bonds. The normalized spacial score (nSPS) is 12.1. The summed E-state index contributed by atoms with van der Waals surface area (Å²) >= 11 is 0. The predicted octanol–water partition coefficient (Wildman–Crippen LogP) is -0.0596. The molecule has 0 aliphatic heterocycles. The molecule has 0 saturated heterocycles. The van der Waals surface area contributed by atoms with E-state index in [0.29, 0.717) is 0 Å². The molecule has 0 aliphatic carbocycles. The van der Waals surface area contributed by atoms with Crippen molar-refractivity contribution in [1.29, 1.82) is 0 Å². The first-order valence-electron chi connectivity index (χ1n) is 4.39. The summed E-state index contributed by atoms with van der Waals surface area (Å²) in [6.45, 7) is 1.78. The van der Waals surface area contributed by atoms with Crippen LogP contribution in [0.5, 0.6) is 0 Å². The maximum Gasteiger partial charge on any atom is 0.266 e. The summed E-state index contributed by atoms with van der Waals surface area (Å²) < 4.78 is 1.30. The molecular formula is C9H13N3O2. The zero-order valence-corrected chi connectivity index (χ0v) is 8.23. The van der Waals surface area contributed by atoms with Crippen LogP contribution in [0.3, 0.4) is 0 Å². The summed E-state index contributed by atoms with van der Waals surface area (Å²) in [4.78, 5) is 22.4. The van der Waals surface area contributed by atoms with Crippen LogP contribution in [0.15, 0.2) is 23.1 Å². The molecule has 1 aromatic heterocycles. The maximum atomic E-state index is 11.3. The van der Waals surface area contributed by atoms with Crippen molar-refractivity contribution in [3.63, 3.8) is 0 Å². The molecule has 0 radical (unpaired) electrons. The predicted molar refractivity (Wildman–Crippen MR) is 51.9 cm³/mol. The Hall–Kier alpha value is -1.65. The highest BCUT2D eigenvalue weighted by atomic mass is 16.2. The lowest BCUT2D eigenvalue weighted by molar-refractivity contribution is -0.121. The van der Waals surface area contributed by atoms with Gasteiger partial charge in [-0.3, -0.25) is 9.59 Å². The summed E-state index contributed by atoms with van der Waals surface area (Å²) in [5.41, 5.74) is -0.191. The number of aromatic nitrogens is 2. The van der Waals surface area contributed by atoms with Gasteiger partial charge in [-0.1, -0.05) is 0 Å². The molecule has 5 nitrogen and oxygen atoms in total. The summed E-state index contributed by atoms with van der Waals surface area (Å²) in [7, 11) is 1.57. The first kappa shape index (κ1) is 10.4. The zero-order valence-electron chi connectivity index (χ0n) is 8.23. The van der Waals surface area contributed by atoms with Gasteiger partial charge in [0.15, 0.2) is 0 Å². The van der Waals surface area contributed by atoms with Gasteiger partial charge in [0, 0.05) is 25.7 Å². The third kappa shape index (κ3) is 2.42. The van der Waals surface area contributed by atoms with E-state index in [9.17, 15) is 9.59 Å². The molecule has 0 spiro atoms. The first-order valence-corrected chi connectivity index (χ1v) is 4.39. The smallest absolute Gasteiger partial charge is 0.266 e. The van der Waals surface area contributed by atoms with Crippen LogP contribution in [-0.2, 0) is 4.79 Å². The van der Waals surface area contributed by atoms with Crippen molar-refractivity contribution in [3.05, 3.63) is 28.7 Å². The van der Waals surface area contributed by atoms with Gasteiger partial charge < -0.3 is 5.32 Å². The Kier molecular flexibility index (Phi) is 3.39. The van der Waals surface area contributed by atoms with E-state index in [0.717, 1.165) is 0 Å². The van der Waals surface area contributed by atoms with Crippen molar-refractivity contribution in [2.24, 2.45) is 0 Å². The number of hydrogen-bond acceptors (Lipinski definition) is 3. The molecule has 0 saturated carbocycles. The molecule has 14 heavy (non-hydrogen) atoms. The van der Waals surface area contributed by atoms with Gasteiger partial charge in [0.25, 0.3) is 5.56 Å². The van der Waals surface area contributed by atoms with E-state index in [1.807, 2.05) is 0 Å². The van der Waals surface area contributed by atoms with E-state index in [2.05, 4.69) is 10.4 Å². The molecule has 0 aliphatic rings. The summed E-state index contributed by atoms with van der Waals surface area (Å²) in [6.07, 6.45) is 1.79. The minimum Gasteiger partial charge on any atom is -0.359 e. The molecule has 76 valence electrons. The van der Waals surface area contributed by atoms with E-state index in [-0.39, 0.29) is 23.9 Å². The molecular weight excluding hydrogens is 182 g/mol. The first-order chi connectivity index (χ1) is 6.65. The van der Waals surface area contributed by atoms with Crippen LogP contribution in [0.1, 0.15) is 19.4 Å². The van der Waals surface area contributed by atoms with Crippen molar-refractivity contribution in [3.8, 4) is 0 Å². The molecule has 0 fully saturated rings. The van der Waals surface area contributed by atoms with Crippen LogP contribution in [-0.4, -0.2) is 22.7 Å². The minimum absolute atomic E-state index is 0.102. The summed E-state index contributed by atoms with van der Waals surface area (Å²) in [5, 5.41) is 6.39. The van der Waals surface area contributed by atoms with Gasteiger partial charge in [-0.25, -0.2) is 4.68 Å². The average molecular weight is 195 g/mol. The molecule has 1 N–H and O–H groups in total. The van der Waals surface area contributed by atoms with Gasteiger partial charge in [-0.15, -0.1) is 0 Å². The second-order valence-electron chi connectivity index (χ2n) is 3.03. The third-order valence-corrected chi connectivity index (χ3v) is 1.92. The van der Waals surface area contributed by atoms with Gasteiger partial charge in [0.2, 0.25) is 5.91 Å². The lowest BCUT2D eigenvalue weighted by Gasteiger charge is -2.11. The van der Waals surface area contributed by atoms with Gasteiger partial charge >= 0.3 is 0 Å². The Morgan fingerprint density at radius 2 is 2.43 bits per heavy atom. The molecule has 1 aromatic rings. The third-order valence-electron chi connectivity index (χ3n) is 1.92. The van der Waals surface area contributed by atoms with Crippen molar-refractivity contribution >= 4 is 5.91 Å². The van der Waals surface area contributed by atoms with Crippen LogP contribution < -0.4 is 10.9 Å². The molecule has 1 unspecified atom stereocenters. The maximum absolute atomic E-state index is 11.3. The van der Waals surface area contributed by atoms with Crippen LogP contribution >= 0.6 is 0 Å². The van der Waals surface area contributed by atoms with E-state index in [4.69, 9.17) is 0 Å². The van der Waals surface area contributed by atoms with Gasteiger partial charge in [0.05, 0.1) is 6.04 Å². The molecule has 5 heteroatoms.